The summed E-state index contributed by atoms with van der Waals surface area (Å²) in [5.41, 5.74) is 10.1. The van der Waals surface area contributed by atoms with Crippen molar-refractivity contribution in [2.45, 2.75) is 19.3 Å². The van der Waals surface area contributed by atoms with Crippen LogP contribution in [0.5, 0.6) is 0 Å². The van der Waals surface area contributed by atoms with Gasteiger partial charge in [0, 0.05) is 16.2 Å². The second kappa shape index (κ2) is 5.51. The summed E-state index contributed by atoms with van der Waals surface area (Å²) in [5, 5.41) is 2.39. The fraction of sp³-hybridized carbons (Fsp3) is 0.111. The van der Waals surface area contributed by atoms with Crippen molar-refractivity contribution in [2.75, 3.05) is 5.84 Å². The topological polar surface area (TPSA) is 30.9 Å². The summed E-state index contributed by atoms with van der Waals surface area (Å²) < 4.78 is 1.79. The summed E-state index contributed by atoms with van der Waals surface area (Å²) in [4.78, 5) is 0. The summed E-state index contributed by atoms with van der Waals surface area (Å²) in [5.74, 6) is 6.34. The Bertz CT molecular complexity index is 1440. The Labute approximate surface area is 170 Å². The first-order chi connectivity index (χ1) is 14.1. The van der Waals surface area contributed by atoms with Gasteiger partial charge in [-0.2, -0.15) is 0 Å². The first-order valence-electron chi connectivity index (χ1n) is 10.1. The molecule has 140 valence electrons. The minimum atomic E-state index is 0.0430. The van der Waals surface area contributed by atoms with Crippen LogP contribution in [0.25, 0.3) is 44.1 Å². The molecule has 4 aromatic carbocycles. The molecule has 0 fully saturated rings. The number of fused-ring (bicyclic) bond motifs is 6. The maximum atomic E-state index is 6.34. The third-order valence-corrected chi connectivity index (χ3v) is 6.63. The Morgan fingerprint density at radius 3 is 2.17 bits per heavy atom. The van der Waals surface area contributed by atoms with Crippen LogP contribution < -0.4 is 5.84 Å². The van der Waals surface area contributed by atoms with Crippen molar-refractivity contribution in [3.8, 4) is 22.3 Å². The van der Waals surface area contributed by atoms with E-state index in [4.69, 9.17) is 5.84 Å². The van der Waals surface area contributed by atoms with Crippen LogP contribution in [0.1, 0.15) is 25.0 Å². The Hall–Kier alpha value is -3.52. The van der Waals surface area contributed by atoms with Gasteiger partial charge in [-0.05, 0) is 57.6 Å². The zero-order chi connectivity index (χ0) is 19.8. The number of aromatic nitrogens is 1. The predicted molar refractivity (Wildman–Crippen MR) is 123 cm³/mol. The first-order valence-corrected chi connectivity index (χ1v) is 10.1. The number of para-hydroxylation sites is 1. The molecule has 1 aliphatic rings. The Morgan fingerprint density at radius 1 is 0.621 bits per heavy atom. The van der Waals surface area contributed by atoms with Gasteiger partial charge in [-0.1, -0.05) is 74.5 Å². The van der Waals surface area contributed by atoms with Gasteiger partial charge in [0.1, 0.15) is 0 Å². The van der Waals surface area contributed by atoms with Crippen LogP contribution in [0, 0.1) is 0 Å². The number of nitrogens with two attached hydrogens (primary N) is 1. The quantitative estimate of drug-likeness (QED) is 0.334. The van der Waals surface area contributed by atoms with Crippen molar-refractivity contribution < 1.29 is 0 Å². The molecule has 0 saturated carbocycles. The van der Waals surface area contributed by atoms with Crippen LogP contribution in [0.15, 0.2) is 84.9 Å². The van der Waals surface area contributed by atoms with Crippen LogP contribution in [0.3, 0.4) is 0 Å². The molecule has 0 radical (unpaired) electrons. The zero-order valence-electron chi connectivity index (χ0n) is 16.6. The molecule has 0 spiro atoms. The van der Waals surface area contributed by atoms with E-state index in [-0.39, 0.29) is 5.41 Å². The molecule has 0 aliphatic heterocycles. The zero-order valence-corrected chi connectivity index (χ0v) is 16.6. The van der Waals surface area contributed by atoms with E-state index >= 15 is 0 Å². The summed E-state index contributed by atoms with van der Waals surface area (Å²) in [7, 11) is 0. The highest BCUT2D eigenvalue weighted by Gasteiger charge is 2.35. The number of nitrogens with zero attached hydrogens (tertiary/aromatic N) is 1. The van der Waals surface area contributed by atoms with E-state index in [1.165, 1.54) is 44.2 Å². The van der Waals surface area contributed by atoms with E-state index in [9.17, 15) is 0 Å². The van der Waals surface area contributed by atoms with Crippen LogP contribution in [0.2, 0.25) is 0 Å². The van der Waals surface area contributed by atoms with Crippen LogP contribution in [-0.4, -0.2) is 4.68 Å². The molecule has 0 amide bonds. The smallest absolute Gasteiger partial charge is 0.0704 e. The second-order valence-corrected chi connectivity index (χ2v) is 8.55. The lowest BCUT2D eigenvalue weighted by Gasteiger charge is -2.21. The third kappa shape index (κ3) is 2.11. The lowest BCUT2D eigenvalue weighted by atomic mass is 9.82. The number of rotatable bonds is 1. The highest BCUT2D eigenvalue weighted by atomic mass is 15.3. The van der Waals surface area contributed by atoms with Gasteiger partial charge in [0.2, 0.25) is 0 Å². The van der Waals surface area contributed by atoms with E-state index in [1.807, 2.05) is 6.07 Å². The van der Waals surface area contributed by atoms with Gasteiger partial charge < -0.3 is 5.84 Å². The number of benzene rings is 4. The molecule has 2 heteroatoms. The van der Waals surface area contributed by atoms with Crippen molar-refractivity contribution >= 4 is 21.8 Å². The Kier molecular flexibility index (Phi) is 3.12. The van der Waals surface area contributed by atoms with Crippen LogP contribution in [0.4, 0.5) is 0 Å². The van der Waals surface area contributed by atoms with Crippen molar-refractivity contribution in [3.05, 3.63) is 96.1 Å². The molecule has 6 rings (SSSR count). The van der Waals surface area contributed by atoms with E-state index in [2.05, 4.69) is 92.7 Å². The number of hydrogen-bond donors (Lipinski definition) is 1. The van der Waals surface area contributed by atoms with E-state index in [0.29, 0.717) is 0 Å². The van der Waals surface area contributed by atoms with Gasteiger partial charge in [-0.3, -0.25) is 4.68 Å². The molecular formula is C27H22N2. The highest BCUT2D eigenvalue weighted by molar-refractivity contribution is 6.09. The summed E-state index contributed by atoms with van der Waals surface area (Å²) in [6.45, 7) is 4.64. The van der Waals surface area contributed by atoms with Crippen LogP contribution in [-0.2, 0) is 5.41 Å². The maximum absolute atomic E-state index is 6.34. The summed E-state index contributed by atoms with van der Waals surface area (Å²) in [6.07, 6.45) is 0. The largest absolute Gasteiger partial charge is 0.339 e. The fourth-order valence-electron chi connectivity index (χ4n) is 5.08. The number of nitrogen functional groups attached to an aromatic ring is 1. The normalized spacial score (nSPS) is 14.3. The van der Waals surface area contributed by atoms with Gasteiger partial charge in [-0.25, -0.2) is 0 Å². The molecule has 0 saturated heterocycles. The predicted octanol–water partition coefficient (Wildman–Crippen LogP) is 6.48. The maximum Gasteiger partial charge on any atom is 0.0704 e. The molecule has 1 aliphatic carbocycles. The van der Waals surface area contributed by atoms with Crippen molar-refractivity contribution in [1.82, 2.24) is 4.68 Å². The molecule has 2 N–H and O–H groups in total. The standard InChI is InChI=1S/C27H22N2/c1-27(2)23-9-5-3-7-19(23)21-15-17(11-13-24(21)27)18-12-14-26-22(16-18)20-8-4-6-10-25(20)29(26)28/h3-16H,28H2,1-2H3. The van der Waals surface area contributed by atoms with Gasteiger partial charge in [0.05, 0.1) is 11.0 Å². The highest BCUT2D eigenvalue weighted by Crippen LogP contribution is 2.49. The minimum absolute atomic E-state index is 0.0430. The number of hydrogen-bond acceptors (Lipinski definition) is 1. The molecular weight excluding hydrogens is 352 g/mol. The average Bonchev–Trinajstić information content (AvgIpc) is 3.17. The molecule has 29 heavy (non-hydrogen) atoms. The first kappa shape index (κ1) is 16.4. The molecule has 5 aromatic rings. The minimum Gasteiger partial charge on any atom is -0.339 e. The fourth-order valence-corrected chi connectivity index (χ4v) is 5.08. The molecule has 0 atom stereocenters. The van der Waals surface area contributed by atoms with E-state index < -0.39 is 0 Å². The lowest BCUT2D eigenvalue weighted by Crippen LogP contribution is -2.14. The van der Waals surface area contributed by atoms with Crippen molar-refractivity contribution in [3.63, 3.8) is 0 Å². The van der Waals surface area contributed by atoms with E-state index in [1.54, 1.807) is 4.68 Å². The third-order valence-electron chi connectivity index (χ3n) is 6.63. The Morgan fingerprint density at radius 2 is 1.28 bits per heavy atom. The van der Waals surface area contributed by atoms with Gasteiger partial charge >= 0.3 is 0 Å². The summed E-state index contributed by atoms with van der Waals surface area (Å²) >= 11 is 0. The molecule has 0 unspecified atom stereocenters. The van der Waals surface area contributed by atoms with Gasteiger partial charge in [0.15, 0.2) is 0 Å². The van der Waals surface area contributed by atoms with Gasteiger partial charge in [0.25, 0.3) is 0 Å². The lowest BCUT2D eigenvalue weighted by molar-refractivity contribution is 0.660. The van der Waals surface area contributed by atoms with Crippen molar-refractivity contribution in [2.24, 2.45) is 0 Å². The van der Waals surface area contributed by atoms with Crippen molar-refractivity contribution in [1.29, 1.82) is 0 Å². The molecule has 1 aromatic heterocycles. The summed E-state index contributed by atoms with van der Waals surface area (Å²) in [6, 6.07) is 30.6. The molecule has 0 bridgehead atoms. The monoisotopic (exact) mass is 374 g/mol. The van der Waals surface area contributed by atoms with Gasteiger partial charge in [-0.15, -0.1) is 0 Å². The second-order valence-electron chi connectivity index (χ2n) is 8.55. The van der Waals surface area contributed by atoms with Crippen LogP contribution >= 0.6 is 0 Å². The molecule has 2 nitrogen and oxygen atoms in total. The Balaban J connectivity index is 1.58. The molecule has 1 heterocycles. The SMILES string of the molecule is CC1(C)c2ccccc2-c2cc(-c3ccc4c(c3)c3ccccc3n4N)ccc21. The van der Waals surface area contributed by atoms with E-state index in [0.717, 1.165) is 11.0 Å². The average molecular weight is 374 g/mol.